The molecule has 0 saturated carbocycles. The summed E-state index contributed by atoms with van der Waals surface area (Å²) in [4.78, 5) is 14.4. The third-order valence-corrected chi connectivity index (χ3v) is 4.15. The zero-order valence-electron chi connectivity index (χ0n) is 14.6. The second-order valence-corrected chi connectivity index (χ2v) is 7.16. The van der Waals surface area contributed by atoms with E-state index in [2.05, 4.69) is 15.5 Å². The topological polar surface area (TPSA) is 73.1 Å². The number of nitrogens with zero attached hydrogens (tertiary/aromatic N) is 5. The molecular weight excluding hydrogens is 325 g/mol. The molecular formula is C17H22FN5O2. The Hall–Kier alpha value is -2.35. The number of tetrazole rings is 1. The van der Waals surface area contributed by atoms with Crippen molar-refractivity contribution in [2.45, 2.75) is 38.8 Å². The Morgan fingerprint density at radius 3 is 2.72 bits per heavy atom. The van der Waals surface area contributed by atoms with Crippen molar-refractivity contribution in [1.82, 2.24) is 25.1 Å². The van der Waals surface area contributed by atoms with Gasteiger partial charge in [-0.15, -0.1) is 5.10 Å². The molecule has 1 aromatic carbocycles. The van der Waals surface area contributed by atoms with E-state index in [-0.39, 0.29) is 29.8 Å². The van der Waals surface area contributed by atoms with Crippen LogP contribution in [0.2, 0.25) is 0 Å². The molecule has 7 nitrogen and oxygen atoms in total. The van der Waals surface area contributed by atoms with Crippen LogP contribution >= 0.6 is 0 Å². The number of ether oxygens (including phenoxy) is 1. The van der Waals surface area contributed by atoms with Crippen molar-refractivity contribution in [3.8, 4) is 0 Å². The van der Waals surface area contributed by atoms with E-state index >= 15 is 0 Å². The van der Waals surface area contributed by atoms with Crippen molar-refractivity contribution < 1.29 is 13.9 Å². The minimum Gasteiger partial charge on any atom is -0.370 e. The third-order valence-electron chi connectivity index (χ3n) is 4.15. The molecule has 0 spiro atoms. The Morgan fingerprint density at radius 2 is 2.04 bits per heavy atom. The highest BCUT2D eigenvalue weighted by atomic mass is 19.1. The summed E-state index contributed by atoms with van der Waals surface area (Å²) in [6.45, 7) is 7.48. The molecule has 0 radical (unpaired) electrons. The van der Waals surface area contributed by atoms with E-state index < -0.39 is 0 Å². The molecule has 1 fully saturated rings. The van der Waals surface area contributed by atoms with E-state index in [1.807, 2.05) is 20.8 Å². The molecule has 1 aromatic heterocycles. The maximum absolute atomic E-state index is 13.1. The lowest BCUT2D eigenvalue weighted by atomic mass is 9.96. The summed E-state index contributed by atoms with van der Waals surface area (Å²) in [7, 11) is 0. The highest BCUT2D eigenvalue weighted by Crippen LogP contribution is 2.23. The van der Waals surface area contributed by atoms with Crippen LogP contribution in [0.15, 0.2) is 24.3 Å². The fourth-order valence-electron chi connectivity index (χ4n) is 2.83. The number of halogens is 1. The molecule has 1 unspecified atom stereocenters. The number of morpholine rings is 1. The van der Waals surface area contributed by atoms with Crippen molar-refractivity contribution in [3.63, 3.8) is 0 Å². The summed E-state index contributed by atoms with van der Waals surface area (Å²) in [6.07, 6.45) is -0.255. The van der Waals surface area contributed by atoms with Crippen LogP contribution in [-0.2, 0) is 21.5 Å². The van der Waals surface area contributed by atoms with Crippen molar-refractivity contribution in [3.05, 3.63) is 41.5 Å². The van der Waals surface area contributed by atoms with Gasteiger partial charge in [-0.25, -0.2) is 9.07 Å². The number of carbonyl (C=O) groups is 1. The summed E-state index contributed by atoms with van der Waals surface area (Å²) in [5.41, 5.74) is 0.613. The predicted molar refractivity (Wildman–Crippen MR) is 88.2 cm³/mol. The highest BCUT2D eigenvalue weighted by Gasteiger charge is 2.28. The maximum atomic E-state index is 13.1. The van der Waals surface area contributed by atoms with Gasteiger partial charge >= 0.3 is 0 Å². The van der Waals surface area contributed by atoms with Crippen LogP contribution in [-0.4, -0.2) is 50.7 Å². The van der Waals surface area contributed by atoms with Gasteiger partial charge in [0.15, 0.2) is 5.82 Å². The number of hydrogen-bond donors (Lipinski definition) is 0. The van der Waals surface area contributed by atoms with Crippen LogP contribution in [0.5, 0.6) is 0 Å². The van der Waals surface area contributed by atoms with Crippen molar-refractivity contribution in [1.29, 1.82) is 0 Å². The summed E-state index contributed by atoms with van der Waals surface area (Å²) < 4.78 is 20.4. The van der Waals surface area contributed by atoms with Crippen molar-refractivity contribution in [2.24, 2.45) is 0 Å². The van der Waals surface area contributed by atoms with Gasteiger partial charge in [0.1, 0.15) is 18.5 Å². The maximum Gasteiger partial charge on any atom is 0.244 e. The monoisotopic (exact) mass is 347 g/mol. The Balaban J connectivity index is 1.68. The SMILES string of the molecule is CC(C)(C)c1nnnn1CC(=O)N1CCOC(c2ccc(F)cc2)C1. The van der Waals surface area contributed by atoms with E-state index in [1.165, 1.54) is 12.1 Å². The van der Waals surface area contributed by atoms with Crippen LogP contribution in [0, 0.1) is 5.82 Å². The molecule has 1 aliphatic rings. The first-order chi connectivity index (χ1) is 11.8. The standard InChI is InChI=1S/C17H22FN5O2/c1-17(2,3)16-19-20-21-23(16)11-15(24)22-8-9-25-14(10-22)12-4-6-13(18)7-5-12/h4-7,14H,8-11H2,1-3H3. The molecule has 0 N–H and O–H groups in total. The molecule has 1 saturated heterocycles. The molecule has 0 bridgehead atoms. The van der Waals surface area contributed by atoms with Gasteiger partial charge in [0, 0.05) is 12.0 Å². The number of rotatable bonds is 3. The number of hydrogen-bond acceptors (Lipinski definition) is 5. The molecule has 8 heteroatoms. The Bertz CT molecular complexity index is 738. The second kappa shape index (κ2) is 6.87. The molecule has 2 aromatic rings. The molecule has 0 aliphatic carbocycles. The quantitative estimate of drug-likeness (QED) is 0.845. The molecule has 134 valence electrons. The average Bonchev–Trinajstić information content (AvgIpc) is 3.04. The number of carbonyl (C=O) groups excluding carboxylic acids is 1. The first kappa shape index (κ1) is 17.5. The molecule has 1 aliphatic heterocycles. The smallest absolute Gasteiger partial charge is 0.244 e. The lowest BCUT2D eigenvalue weighted by Crippen LogP contribution is -2.44. The van der Waals surface area contributed by atoms with E-state index in [1.54, 1.807) is 21.7 Å². The van der Waals surface area contributed by atoms with E-state index in [0.717, 1.165) is 5.56 Å². The average molecular weight is 347 g/mol. The Labute approximate surface area is 145 Å². The minimum absolute atomic E-state index is 0.0618. The Kier molecular flexibility index (Phi) is 4.80. The van der Waals surface area contributed by atoms with Gasteiger partial charge < -0.3 is 9.64 Å². The Morgan fingerprint density at radius 1 is 1.32 bits per heavy atom. The highest BCUT2D eigenvalue weighted by molar-refractivity contribution is 5.76. The van der Waals surface area contributed by atoms with Crippen LogP contribution in [0.25, 0.3) is 0 Å². The van der Waals surface area contributed by atoms with Gasteiger partial charge in [-0.2, -0.15) is 0 Å². The lowest BCUT2D eigenvalue weighted by molar-refractivity contribution is -0.140. The fourth-order valence-corrected chi connectivity index (χ4v) is 2.83. The van der Waals surface area contributed by atoms with Gasteiger partial charge in [-0.1, -0.05) is 32.9 Å². The zero-order chi connectivity index (χ0) is 18.0. The normalized spacial score (nSPS) is 18.4. The first-order valence-electron chi connectivity index (χ1n) is 8.26. The molecule has 1 amide bonds. The molecule has 3 rings (SSSR count). The van der Waals surface area contributed by atoms with Crippen LogP contribution < -0.4 is 0 Å². The molecule has 1 atom stereocenters. The summed E-state index contributed by atoms with van der Waals surface area (Å²) in [6, 6.07) is 6.17. The van der Waals surface area contributed by atoms with Gasteiger partial charge in [0.25, 0.3) is 0 Å². The molecule has 25 heavy (non-hydrogen) atoms. The summed E-state index contributed by atoms with van der Waals surface area (Å²) >= 11 is 0. The van der Waals surface area contributed by atoms with Crippen molar-refractivity contribution in [2.75, 3.05) is 19.7 Å². The van der Waals surface area contributed by atoms with Gasteiger partial charge in [-0.05, 0) is 28.1 Å². The largest absolute Gasteiger partial charge is 0.370 e. The van der Waals surface area contributed by atoms with E-state index in [4.69, 9.17) is 4.74 Å². The molecule has 2 heterocycles. The van der Waals surface area contributed by atoms with E-state index in [9.17, 15) is 9.18 Å². The summed E-state index contributed by atoms with van der Waals surface area (Å²) in [5.74, 6) is 0.318. The number of aromatic nitrogens is 4. The first-order valence-corrected chi connectivity index (χ1v) is 8.26. The van der Waals surface area contributed by atoms with Crippen molar-refractivity contribution >= 4 is 5.91 Å². The summed E-state index contributed by atoms with van der Waals surface area (Å²) in [5, 5.41) is 11.7. The van der Waals surface area contributed by atoms with E-state index in [0.29, 0.717) is 25.5 Å². The lowest BCUT2D eigenvalue weighted by Gasteiger charge is -2.33. The van der Waals surface area contributed by atoms with Crippen LogP contribution in [0.1, 0.15) is 38.3 Å². The number of benzene rings is 1. The van der Waals surface area contributed by atoms with Crippen LogP contribution in [0.3, 0.4) is 0 Å². The third kappa shape index (κ3) is 4.01. The van der Waals surface area contributed by atoms with Gasteiger partial charge in [0.05, 0.1) is 13.2 Å². The van der Waals surface area contributed by atoms with Gasteiger partial charge in [-0.3, -0.25) is 4.79 Å². The minimum atomic E-state index is -0.291. The zero-order valence-corrected chi connectivity index (χ0v) is 14.6. The second-order valence-electron chi connectivity index (χ2n) is 7.16. The fraction of sp³-hybridized carbons (Fsp3) is 0.529. The van der Waals surface area contributed by atoms with Crippen LogP contribution in [0.4, 0.5) is 4.39 Å². The number of amides is 1. The predicted octanol–water partition coefficient (Wildman–Crippen LogP) is 1.71. The van der Waals surface area contributed by atoms with Gasteiger partial charge in [0.2, 0.25) is 5.91 Å².